The van der Waals surface area contributed by atoms with Gasteiger partial charge >= 0.3 is 0 Å². The Morgan fingerprint density at radius 1 is 1.21 bits per heavy atom. The number of rotatable bonds is 1. The highest BCUT2D eigenvalue weighted by Crippen LogP contribution is 2.31. The number of aryl methyl sites for hydroxylation is 1. The first-order chi connectivity index (χ1) is 11.5. The Hall–Kier alpha value is -2.56. The number of pyridine rings is 1. The molecule has 4 nitrogen and oxygen atoms in total. The van der Waals surface area contributed by atoms with Crippen LogP contribution in [0.15, 0.2) is 41.3 Å². The van der Waals surface area contributed by atoms with Crippen LogP contribution in [0.1, 0.15) is 26.1 Å². The quantitative estimate of drug-likeness (QED) is 0.688. The fourth-order valence-corrected chi connectivity index (χ4v) is 3.33. The van der Waals surface area contributed by atoms with E-state index in [1.54, 1.807) is 35.0 Å². The van der Waals surface area contributed by atoms with E-state index in [2.05, 4.69) is 23.8 Å². The second-order valence-electron chi connectivity index (χ2n) is 7.12. The van der Waals surface area contributed by atoms with E-state index in [1.165, 1.54) is 0 Å². The summed E-state index contributed by atoms with van der Waals surface area (Å²) in [5.41, 5.74) is 0.954. The molecule has 3 heterocycles. The van der Waals surface area contributed by atoms with Crippen molar-refractivity contribution in [2.24, 2.45) is 5.41 Å². The van der Waals surface area contributed by atoms with Gasteiger partial charge in [-0.2, -0.15) is 0 Å². The second kappa shape index (κ2) is 5.23. The summed E-state index contributed by atoms with van der Waals surface area (Å²) in [6.07, 6.45) is 3.24. The third kappa shape index (κ3) is 2.31. The smallest absolute Gasteiger partial charge is 0.261 e. The SMILES string of the molecule is CC1(C)CCc2nc3c(F)c(-c4ccccn4)ccc3c(=O)n2C1. The Bertz CT molecular complexity index is 993. The highest BCUT2D eigenvalue weighted by molar-refractivity contribution is 5.84. The Balaban J connectivity index is 1.97. The zero-order valence-electron chi connectivity index (χ0n) is 13.7. The third-order valence-electron chi connectivity index (χ3n) is 4.70. The fourth-order valence-electron chi connectivity index (χ4n) is 3.33. The zero-order chi connectivity index (χ0) is 16.9. The molecule has 122 valence electrons. The lowest BCUT2D eigenvalue weighted by molar-refractivity contribution is 0.240. The van der Waals surface area contributed by atoms with E-state index >= 15 is 4.39 Å². The molecule has 3 aromatic rings. The number of nitrogens with zero attached hydrogens (tertiary/aromatic N) is 3. The molecular formula is C19H18FN3O. The largest absolute Gasteiger partial charge is 0.296 e. The summed E-state index contributed by atoms with van der Waals surface area (Å²) in [6, 6.07) is 8.61. The van der Waals surface area contributed by atoms with Crippen LogP contribution in [0.2, 0.25) is 0 Å². The highest BCUT2D eigenvalue weighted by Gasteiger charge is 2.28. The lowest BCUT2D eigenvalue weighted by Gasteiger charge is -2.31. The van der Waals surface area contributed by atoms with Crippen molar-refractivity contribution >= 4 is 10.9 Å². The number of fused-ring (bicyclic) bond motifs is 2. The lowest BCUT2D eigenvalue weighted by atomic mass is 9.85. The fraction of sp³-hybridized carbons (Fsp3) is 0.316. The maximum atomic E-state index is 15.0. The van der Waals surface area contributed by atoms with E-state index in [4.69, 9.17) is 0 Å². The first-order valence-corrected chi connectivity index (χ1v) is 8.10. The molecule has 1 aliphatic heterocycles. The van der Waals surface area contributed by atoms with Crippen LogP contribution < -0.4 is 5.56 Å². The standard InChI is InChI=1S/C19H18FN3O/c1-19(2)9-8-15-22-17-13(18(24)23(15)11-19)7-6-12(16(17)20)14-5-3-4-10-21-14/h3-7,10H,8-9,11H2,1-2H3. The predicted molar refractivity (Wildman–Crippen MR) is 91.3 cm³/mol. The Kier molecular flexibility index (Phi) is 3.27. The van der Waals surface area contributed by atoms with Crippen LogP contribution in [0.4, 0.5) is 4.39 Å². The molecule has 0 spiro atoms. The van der Waals surface area contributed by atoms with E-state index in [-0.39, 0.29) is 16.5 Å². The van der Waals surface area contributed by atoms with E-state index in [0.717, 1.165) is 6.42 Å². The molecule has 4 rings (SSSR count). The molecule has 0 fully saturated rings. The van der Waals surface area contributed by atoms with Gasteiger partial charge in [0.05, 0.1) is 11.1 Å². The van der Waals surface area contributed by atoms with Gasteiger partial charge in [-0.1, -0.05) is 19.9 Å². The molecule has 5 heteroatoms. The number of hydrogen-bond donors (Lipinski definition) is 0. The van der Waals surface area contributed by atoms with Gasteiger partial charge in [0, 0.05) is 24.7 Å². The summed E-state index contributed by atoms with van der Waals surface area (Å²) in [4.78, 5) is 21.5. The van der Waals surface area contributed by atoms with E-state index in [9.17, 15) is 4.79 Å². The van der Waals surface area contributed by atoms with Gasteiger partial charge in [0.25, 0.3) is 5.56 Å². The van der Waals surface area contributed by atoms with Crippen molar-refractivity contribution in [1.29, 1.82) is 0 Å². The van der Waals surface area contributed by atoms with Crippen molar-refractivity contribution in [3.63, 3.8) is 0 Å². The second-order valence-corrected chi connectivity index (χ2v) is 7.12. The molecule has 0 amide bonds. The normalized spacial score (nSPS) is 16.1. The van der Waals surface area contributed by atoms with Crippen molar-refractivity contribution in [2.75, 3.05) is 0 Å². The monoisotopic (exact) mass is 323 g/mol. The highest BCUT2D eigenvalue weighted by atomic mass is 19.1. The predicted octanol–water partition coefficient (Wildman–Crippen LogP) is 3.57. The van der Waals surface area contributed by atoms with E-state index in [0.29, 0.717) is 35.4 Å². The molecule has 0 radical (unpaired) electrons. The van der Waals surface area contributed by atoms with E-state index < -0.39 is 5.82 Å². The molecular weight excluding hydrogens is 305 g/mol. The van der Waals surface area contributed by atoms with Crippen LogP contribution in [-0.2, 0) is 13.0 Å². The zero-order valence-corrected chi connectivity index (χ0v) is 13.7. The Labute approximate surface area is 139 Å². The van der Waals surface area contributed by atoms with Crippen molar-refractivity contribution in [2.45, 2.75) is 33.2 Å². The number of aromatic nitrogens is 3. The van der Waals surface area contributed by atoms with Gasteiger partial charge in [-0.3, -0.25) is 14.3 Å². The molecule has 0 saturated heterocycles. The first-order valence-electron chi connectivity index (χ1n) is 8.10. The minimum absolute atomic E-state index is 0.0542. The van der Waals surface area contributed by atoms with Crippen LogP contribution in [0.5, 0.6) is 0 Å². The maximum absolute atomic E-state index is 15.0. The average Bonchev–Trinajstić information content (AvgIpc) is 2.57. The lowest BCUT2D eigenvalue weighted by Crippen LogP contribution is -2.36. The van der Waals surface area contributed by atoms with Crippen LogP contribution >= 0.6 is 0 Å². The summed E-state index contributed by atoms with van der Waals surface area (Å²) >= 11 is 0. The van der Waals surface area contributed by atoms with Crippen LogP contribution in [-0.4, -0.2) is 14.5 Å². The molecule has 1 aromatic carbocycles. The number of hydrogen-bond acceptors (Lipinski definition) is 3. The average molecular weight is 323 g/mol. The summed E-state index contributed by atoms with van der Waals surface area (Å²) < 4.78 is 16.7. The molecule has 24 heavy (non-hydrogen) atoms. The van der Waals surface area contributed by atoms with E-state index in [1.807, 2.05) is 6.07 Å². The van der Waals surface area contributed by atoms with Crippen molar-refractivity contribution in [3.8, 4) is 11.3 Å². The van der Waals surface area contributed by atoms with Gasteiger partial charge in [-0.05, 0) is 36.1 Å². The summed E-state index contributed by atoms with van der Waals surface area (Å²) in [5.74, 6) is 0.195. The molecule has 0 unspecified atom stereocenters. The van der Waals surface area contributed by atoms with Gasteiger partial charge < -0.3 is 0 Å². The van der Waals surface area contributed by atoms with Crippen LogP contribution in [0.3, 0.4) is 0 Å². The van der Waals surface area contributed by atoms with Gasteiger partial charge in [0.2, 0.25) is 0 Å². The Morgan fingerprint density at radius 2 is 2.04 bits per heavy atom. The van der Waals surface area contributed by atoms with Crippen LogP contribution in [0.25, 0.3) is 22.2 Å². The molecule has 1 aliphatic rings. The topological polar surface area (TPSA) is 47.8 Å². The molecule has 0 bridgehead atoms. The molecule has 0 N–H and O–H groups in total. The van der Waals surface area contributed by atoms with Crippen molar-refractivity contribution in [3.05, 3.63) is 58.5 Å². The molecule has 0 atom stereocenters. The summed E-state index contributed by atoms with van der Waals surface area (Å²) in [5, 5.41) is 0.327. The minimum Gasteiger partial charge on any atom is -0.296 e. The van der Waals surface area contributed by atoms with Crippen molar-refractivity contribution in [1.82, 2.24) is 14.5 Å². The van der Waals surface area contributed by atoms with Gasteiger partial charge in [-0.15, -0.1) is 0 Å². The summed E-state index contributed by atoms with van der Waals surface area (Å²) in [6.45, 7) is 4.89. The third-order valence-corrected chi connectivity index (χ3v) is 4.70. The van der Waals surface area contributed by atoms with Gasteiger partial charge in [0.1, 0.15) is 11.3 Å². The molecule has 2 aromatic heterocycles. The van der Waals surface area contributed by atoms with Gasteiger partial charge in [-0.25, -0.2) is 9.37 Å². The maximum Gasteiger partial charge on any atom is 0.261 e. The first kappa shape index (κ1) is 15.0. The summed E-state index contributed by atoms with van der Waals surface area (Å²) in [7, 11) is 0. The molecule has 0 aliphatic carbocycles. The van der Waals surface area contributed by atoms with Crippen molar-refractivity contribution < 1.29 is 4.39 Å². The molecule has 0 saturated carbocycles. The number of halogens is 1. The van der Waals surface area contributed by atoms with Crippen LogP contribution in [0, 0.1) is 11.2 Å². The Morgan fingerprint density at radius 3 is 2.79 bits per heavy atom. The number of benzene rings is 1. The van der Waals surface area contributed by atoms with Gasteiger partial charge in [0.15, 0.2) is 5.82 Å². The minimum atomic E-state index is -0.475.